The van der Waals surface area contributed by atoms with E-state index in [0.29, 0.717) is 23.8 Å². The third-order valence-electron chi connectivity index (χ3n) is 4.25. The van der Waals surface area contributed by atoms with Crippen LogP contribution < -0.4 is 10.6 Å². The monoisotopic (exact) mass is 397 g/mol. The van der Waals surface area contributed by atoms with Crippen molar-refractivity contribution in [3.8, 4) is 0 Å². The molecule has 27 heavy (non-hydrogen) atoms. The maximum absolute atomic E-state index is 12.0. The van der Waals surface area contributed by atoms with Gasteiger partial charge in [0.25, 0.3) is 0 Å². The van der Waals surface area contributed by atoms with E-state index in [4.69, 9.17) is 4.74 Å². The summed E-state index contributed by atoms with van der Waals surface area (Å²) in [5, 5.41) is 15.0. The summed E-state index contributed by atoms with van der Waals surface area (Å²) in [5.41, 5.74) is -0.0156. The van der Waals surface area contributed by atoms with Crippen LogP contribution in [0.2, 0.25) is 0 Å². The summed E-state index contributed by atoms with van der Waals surface area (Å²) in [6.45, 7) is 6.05. The molecule has 1 aromatic rings. The minimum atomic E-state index is -1.10. The normalized spacial score (nSPS) is 14.9. The number of aromatic nitrogens is 1. The molecule has 3 N–H and O–H groups in total. The minimum absolute atomic E-state index is 0.0156. The molecular weight excluding hydrogens is 370 g/mol. The molecule has 0 radical (unpaired) electrons. The number of carbonyl (C=O) groups is 3. The van der Waals surface area contributed by atoms with E-state index in [2.05, 4.69) is 15.6 Å². The van der Waals surface area contributed by atoms with E-state index in [0.717, 1.165) is 26.1 Å². The van der Waals surface area contributed by atoms with Crippen molar-refractivity contribution in [3.63, 3.8) is 0 Å². The van der Waals surface area contributed by atoms with Crippen molar-refractivity contribution in [3.05, 3.63) is 10.6 Å². The van der Waals surface area contributed by atoms with Gasteiger partial charge in [0.15, 0.2) is 10.8 Å². The number of hydrogen-bond acceptors (Lipinski definition) is 6. The van der Waals surface area contributed by atoms with Gasteiger partial charge in [0.1, 0.15) is 0 Å². The second-order valence-corrected chi connectivity index (χ2v) is 8.19. The highest BCUT2D eigenvalue weighted by Crippen LogP contribution is 2.26. The van der Waals surface area contributed by atoms with Gasteiger partial charge in [0.05, 0.1) is 0 Å². The number of aromatic carboxylic acids is 1. The first kappa shape index (κ1) is 21.3. The Labute approximate surface area is 162 Å². The molecule has 0 unspecified atom stereocenters. The highest BCUT2D eigenvalue weighted by molar-refractivity contribution is 7.16. The fraction of sp³-hybridized carbons (Fsp3) is 0.667. The fourth-order valence-corrected chi connectivity index (χ4v) is 3.97. The van der Waals surface area contributed by atoms with Gasteiger partial charge >= 0.3 is 5.97 Å². The smallest absolute Gasteiger partial charge is 0.355 e. The van der Waals surface area contributed by atoms with Crippen LogP contribution in [0.15, 0.2) is 0 Å². The van der Waals surface area contributed by atoms with Gasteiger partial charge in [0, 0.05) is 37.5 Å². The van der Waals surface area contributed by atoms with Crippen LogP contribution in [0.1, 0.15) is 54.9 Å². The molecule has 0 aliphatic carbocycles. The first-order valence-corrected chi connectivity index (χ1v) is 10.0. The second-order valence-electron chi connectivity index (χ2n) is 7.10. The number of nitrogens with zero attached hydrogens (tertiary/aromatic N) is 1. The average molecular weight is 397 g/mol. The number of rotatable bonds is 9. The first-order chi connectivity index (χ1) is 12.8. The SMILES string of the molecule is CC(C)Cc1sc(NC(=O)CCC(=O)NCC2CCOCC2)nc1C(=O)O. The molecule has 0 bridgehead atoms. The number of amides is 2. The van der Waals surface area contributed by atoms with Crippen molar-refractivity contribution in [1.29, 1.82) is 0 Å². The Kier molecular flexibility index (Phi) is 8.18. The number of carbonyl (C=O) groups excluding carboxylic acids is 2. The van der Waals surface area contributed by atoms with Crippen molar-refractivity contribution >= 4 is 34.3 Å². The maximum atomic E-state index is 12.0. The summed E-state index contributed by atoms with van der Waals surface area (Å²) in [5.74, 6) is -0.900. The van der Waals surface area contributed by atoms with Gasteiger partial charge in [0.2, 0.25) is 11.8 Å². The summed E-state index contributed by atoms with van der Waals surface area (Å²) < 4.78 is 5.28. The number of anilines is 1. The topological polar surface area (TPSA) is 118 Å². The van der Waals surface area contributed by atoms with Gasteiger partial charge in [-0.25, -0.2) is 9.78 Å². The quantitative estimate of drug-likeness (QED) is 0.588. The van der Waals surface area contributed by atoms with Crippen LogP contribution in [0.4, 0.5) is 5.13 Å². The van der Waals surface area contributed by atoms with E-state index in [1.54, 1.807) is 0 Å². The lowest BCUT2D eigenvalue weighted by Gasteiger charge is -2.22. The van der Waals surface area contributed by atoms with Crippen molar-refractivity contribution < 1.29 is 24.2 Å². The van der Waals surface area contributed by atoms with Crippen molar-refractivity contribution in [2.75, 3.05) is 25.1 Å². The lowest BCUT2D eigenvalue weighted by molar-refractivity contribution is -0.124. The van der Waals surface area contributed by atoms with E-state index >= 15 is 0 Å². The number of carboxylic acids is 1. The molecule has 0 aromatic carbocycles. The van der Waals surface area contributed by atoms with E-state index in [1.807, 2.05) is 13.8 Å². The van der Waals surface area contributed by atoms with Gasteiger partial charge in [-0.3, -0.25) is 9.59 Å². The Bertz CT molecular complexity index is 668. The Morgan fingerprint density at radius 1 is 1.22 bits per heavy atom. The molecular formula is C18H27N3O5S. The Hall–Kier alpha value is -2.00. The zero-order valence-electron chi connectivity index (χ0n) is 15.7. The highest BCUT2D eigenvalue weighted by Gasteiger charge is 2.20. The Morgan fingerprint density at radius 2 is 1.89 bits per heavy atom. The number of ether oxygens (including phenoxy) is 1. The summed E-state index contributed by atoms with van der Waals surface area (Å²) >= 11 is 1.17. The van der Waals surface area contributed by atoms with Crippen LogP contribution in [-0.2, 0) is 20.7 Å². The van der Waals surface area contributed by atoms with E-state index in [9.17, 15) is 19.5 Å². The molecule has 0 saturated carbocycles. The third kappa shape index (κ3) is 7.26. The van der Waals surface area contributed by atoms with E-state index in [-0.39, 0.29) is 41.4 Å². The van der Waals surface area contributed by atoms with Gasteiger partial charge in [-0.05, 0) is 31.1 Å². The van der Waals surface area contributed by atoms with E-state index in [1.165, 1.54) is 11.3 Å². The average Bonchev–Trinajstić information content (AvgIpc) is 3.00. The van der Waals surface area contributed by atoms with Gasteiger partial charge in [-0.2, -0.15) is 0 Å². The summed E-state index contributed by atoms with van der Waals surface area (Å²) in [6.07, 6.45) is 2.58. The Morgan fingerprint density at radius 3 is 2.52 bits per heavy atom. The predicted molar refractivity (Wildman–Crippen MR) is 102 cm³/mol. The second kappa shape index (κ2) is 10.4. The molecule has 9 heteroatoms. The lowest BCUT2D eigenvalue weighted by Crippen LogP contribution is -2.32. The number of carboxylic acid groups (broad SMARTS) is 1. The van der Waals surface area contributed by atoms with Crippen LogP contribution in [0.3, 0.4) is 0 Å². The molecule has 1 fully saturated rings. The van der Waals surface area contributed by atoms with Crippen LogP contribution in [0.5, 0.6) is 0 Å². The Balaban J connectivity index is 1.77. The molecule has 8 nitrogen and oxygen atoms in total. The molecule has 2 amide bonds. The molecule has 0 atom stereocenters. The van der Waals surface area contributed by atoms with Gasteiger partial charge < -0.3 is 20.5 Å². The largest absolute Gasteiger partial charge is 0.476 e. The minimum Gasteiger partial charge on any atom is -0.476 e. The van der Waals surface area contributed by atoms with Crippen LogP contribution in [-0.4, -0.2) is 47.6 Å². The molecule has 2 heterocycles. The van der Waals surface area contributed by atoms with Crippen molar-refractivity contribution in [2.24, 2.45) is 11.8 Å². The molecule has 1 aliphatic rings. The van der Waals surface area contributed by atoms with E-state index < -0.39 is 5.97 Å². The molecule has 0 spiro atoms. The van der Waals surface area contributed by atoms with Crippen LogP contribution >= 0.6 is 11.3 Å². The summed E-state index contributed by atoms with van der Waals surface area (Å²) in [4.78, 5) is 39.9. The summed E-state index contributed by atoms with van der Waals surface area (Å²) in [6, 6.07) is 0. The fourth-order valence-electron chi connectivity index (χ4n) is 2.79. The third-order valence-corrected chi connectivity index (χ3v) is 5.24. The number of hydrogen-bond donors (Lipinski definition) is 3. The lowest BCUT2D eigenvalue weighted by atomic mass is 10.0. The maximum Gasteiger partial charge on any atom is 0.355 e. The van der Waals surface area contributed by atoms with Gasteiger partial charge in [-0.15, -0.1) is 11.3 Å². The standard InChI is InChI=1S/C18H27N3O5S/c1-11(2)9-13-16(17(24)25)21-18(27-13)20-15(23)4-3-14(22)19-10-12-5-7-26-8-6-12/h11-12H,3-10H2,1-2H3,(H,19,22)(H,24,25)(H,20,21,23). The number of nitrogens with one attached hydrogen (secondary N) is 2. The van der Waals surface area contributed by atoms with Crippen molar-refractivity contribution in [2.45, 2.75) is 46.0 Å². The molecule has 1 aliphatic heterocycles. The first-order valence-electron chi connectivity index (χ1n) is 9.22. The predicted octanol–water partition coefficient (Wildman–Crippen LogP) is 2.30. The zero-order valence-corrected chi connectivity index (χ0v) is 16.6. The molecule has 150 valence electrons. The van der Waals surface area contributed by atoms with Gasteiger partial charge in [-0.1, -0.05) is 13.8 Å². The summed E-state index contributed by atoms with van der Waals surface area (Å²) in [7, 11) is 0. The molecule has 1 aromatic heterocycles. The van der Waals surface area contributed by atoms with Crippen LogP contribution in [0.25, 0.3) is 0 Å². The molecule has 1 saturated heterocycles. The highest BCUT2D eigenvalue weighted by atomic mass is 32.1. The zero-order chi connectivity index (χ0) is 19.8. The number of thiazole rings is 1. The molecule has 2 rings (SSSR count). The van der Waals surface area contributed by atoms with Crippen LogP contribution in [0, 0.1) is 11.8 Å². The van der Waals surface area contributed by atoms with Crippen molar-refractivity contribution in [1.82, 2.24) is 10.3 Å².